The average molecular weight is 399 g/mol. The molecule has 0 spiro atoms. The Bertz CT molecular complexity index is 813. The van der Waals surface area contributed by atoms with Crippen LogP contribution in [0.25, 0.3) is 0 Å². The number of rotatable bonds is 8. The van der Waals surface area contributed by atoms with Gasteiger partial charge in [0.15, 0.2) is 5.82 Å². The Morgan fingerprint density at radius 1 is 1.21 bits per heavy atom. The smallest absolute Gasteiger partial charge is 0.320 e. The maximum atomic E-state index is 12.6. The van der Waals surface area contributed by atoms with E-state index >= 15 is 0 Å². The minimum atomic E-state index is -0.868. The predicted octanol–water partition coefficient (Wildman–Crippen LogP) is 4.29. The van der Waals surface area contributed by atoms with Crippen molar-refractivity contribution in [2.45, 2.75) is 70.4 Å². The molecule has 1 unspecified atom stereocenters. The number of aromatic nitrogens is 2. The van der Waals surface area contributed by atoms with E-state index in [9.17, 15) is 9.59 Å². The minimum absolute atomic E-state index is 0.00706. The van der Waals surface area contributed by atoms with Crippen LogP contribution < -0.4 is 10.6 Å². The Kier molecular flexibility index (Phi) is 7.27. The summed E-state index contributed by atoms with van der Waals surface area (Å²) in [5.41, 5.74) is 1.98. The molecular formula is C22H30N4O3. The molecule has 0 saturated heterocycles. The molecule has 1 saturated carbocycles. The summed E-state index contributed by atoms with van der Waals surface area (Å²) in [6, 6.07) is 9.54. The second-order valence-electron chi connectivity index (χ2n) is 7.85. The highest BCUT2D eigenvalue weighted by Crippen LogP contribution is 2.29. The zero-order chi connectivity index (χ0) is 20.6. The second-order valence-corrected chi connectivity index (χ2v) is 7.85. The van der Waals surface area contributed by atoms with E-state index in [1.165, 1.54) is 19.3 Å². The normalized spacial score (nSPS) is 15.6. The van der Waals surface area contributed by atoms with E-state index in [0.717, 1.165) is 24.0 Å². The van der Waals surface area contributed by atoms with Crippen LogP contribution in [0.2, 0.25) is 0 Å². The van der Waals surface area contributed by atoms with E-state index in [2.05, 4.69) is 15.7 Å². The Hall–Kier alpha value is -2.83. The summed E-state index contributed by atoms with van der Waals surface area (Å²) in [7, 11) is 0. The summed E-state index contributed by atoms with van der Waals surface area (Å²) in [4.78, 5) is 23.6. The fraction of sp³-hybridized carbons (Fsp3) is 0.500. The monoisotopic (exact) mass is 398 g/mol. The predicted molar refractivity (Wildman–Crippen MR) is 112 cm³/mol. The second kappa shape index (κ2) is 10.1. The lowest BCUT2D eigenvalue weighted by Gasteiger charge is -2.21. The lowest BCUT2D eigenvalue weighted by Crippen LogP contribution is -2.39. The van der Waals surface area contributed by atoms with E-state index < -0.39 is 5.97 Å². The molecule has 3 rings (SSSR count). The van der Waals surface area contributed by atoms with Crippen molar-refractivity contribution in [3.05, 3.63) is 47.7 Å². The Morgan fingerprint density at radius 2 is 1.93 bits per heavy atom. The van der Waals surface area contributed by atoms with E-state index in [-0.39, 0.29) is 18.5 Å². The molecule has 29 heavy (non-hydrogen) atoms. The first kappa shape index (κ1) is 20.9. The maximum absolute atomic E-state index is 12.6. The summed E-state index contributed by atoms with van der Waals surface area (Å²) in [5, 5.41) is 19.4. The highest BCUT2D eigenvalue weighted by molar-refractivity contribution is 5.89. The molecule has 0 aliphatic heterocycles. The highest BCUT2D eigenvalue weighted by atomic mass is 16.4. The zero-order valence-corrected chi connectivity index (χ0v) is 16.9. The number of aliphatic carboxylic acids is 1. The Balaban J connectivity index is 1.61. The van der Waals surface area contributed by atoms with Crippen LogP contribution in [0.15, 0.2) is 36.5 Å². The summed E-state index contributed by atoms with van der Waals surface area (Å²) in [6.07, 6.45) is 8.93. The van der Waals surface area contributed by atoms with E-state index in [0.29, 0.717) is 24.7 Å². The third-order valence-corrected chi connectivity index (χ3v) is 5.46. The number of nitrogens with zero attached hydrogens (tertiary/aromatic N) is 2. The lowest BCUT2D eigenvalue weighted by molar-refractivity contribution is -0.137. The first-order chi connectivity index (χ1) is 14.0. The van der Waals surface area contributed by atoms with E-state index in [1.54, 1.807) is 0 Å². The molecule has 1 aliphatic rings. The van der Waals surface area contributed by atoms with Crippen LogP contribution >= 0.6 is 0 Å². The molecule has 1 aliphatic carbocycles. The fourth-order valence-electron chi connectivity index (χ4n) is 3.89. The summed E-state index contributed by atoms with van der Waals surface area (Å²) in [5.74, 6) is -0.308. The van der Waals surface area contributed by atoms with Crippen LogP contribution in [-0.4, -0.2) is 32.9 Å². The average Bonchev–Trinajstić information content (AvgIpc) is 3.08. The van der Waals surface area contributed by atoms with Crippen LogP contribution in [0, 0.1) is 6.92 Å². The number of hydrogen-bond donors (Lipinski definition) is 3. The van der Waals surface area contributed by atoms with Crippen LogP contribution in [0.5, 0.6) is 0 Å². The number of carbonyl (C=O) groups excluding carboxylic acids is 1. The van der Waals surface area contributed by atoms with Crippen LogP contribution in [-0.2, 0) is 11.2 Å². The number of amides is 2. The van der Waals surface area contributed by atoms with Gasteiger partial charge >= 0.3 is 12.0 Å². The molecule has 1 aromatic carbocycles. The van der Waals surface area contributed by atoms with Crippen molar-refractivity contribution in [3.8, 4) is 0 Å². The van der Waals surface area contributed by atoms with Gasteiger partial charge in [-0.25, -0.2) is 4.79 Å². The largest absolute Gasteiger partial charge is 0.481 e. The Morgan fingerprint density at radius 3 is 2.62 bits per heavy atom. The van der Waals surface area contributed by atoms with Gasteiger partial charge in [0, 0.05) is 24.2 Å². The van der Waals surface area contributed by atoms with Crippen molar-refractivity contribution in [2.75, 3.05) is 5.32 Å². The lowest BCUT2D eigenvalue weighted by atomic mass is 9.96. The van der Waals surface area contributed by atoms with Gasteiger partial charge in [-0.1, -0.05) is 49.6 Å². The summed E-state index contributed by atoms with van der Waals surface area (Å²) >= 11 is 0. The molecule has 1 atom stereocenters. The van der Waals surface area contributed by atoms with Crippen molar-refractivity contribution in [2.24, 2.45) is 0 Å². The molecule has 7 heteroatoms. The SMILES string of the molecule is Cc1cn(C2CCCCC2)nc1NC(=O)NC(CCC(=O)O)Cc1ccccc1. The number of carbonyl (C=O) groups is 2. The van der Waals surface area contributed by atoms with Crippen molar-refractivity contribution in [1.82, 2.24) is 15.1 Å². The topological polar surface area (TPSA) is 96.3 Å². The van der Waals surface area contributed by atoms with Gasteiger partial charge in [0.05, 0.1) is 6.04 Å². The van der Waals surface area contributed by atoms with Gasteiger partial charge in [0.25, 0.3) is 0 Å². The third-order valence-electron chi connectivity index (χ3n) is 5.46. The van der Waals surface area contributed by atoms with Gasteiger partial charge in [-0.2, -0.15) is 5.10 Å². The molecular weight excluding hydrogens is 368 g/mol. The summed E-state index contributed by atoms with van der Waals surface area (Å²) < 4.78 is 1.98. The van der Waals surface area contributed by atoms with Gasteiger partial charge in [-0.3, -0.25) is 14.8 Å². The van der Waals surface area contributed by atoms with Crippen LogP contribution in [0.1, 0.15) is 62.1 Å². The van der Waals surface area contributed by atoms with Gasteiger partial charge in [0.2, 0.25) is 0 Å². The quantitative estimate of drug-likeness (QED) is 0.618. The van der Waals surface area contributed by atoms with Gasteiger partial charge in [0.1, 0.15) is 0 Å². The first-order valence-electron chi connectivity index (χ1n) is 10.4. The number of anilines is 1. The molecule has 2 amide bonds. The minimum Gasteiger partial charge on any atom is -0.481 e. The fourth-order valence-corrected chi connectivity index (χ4v) is 3.89. The van der Waals surface area contributed by atoms with E-state index in [4.69, 9.17) is 5.11 Å². The van der Waals surface area contributed by atoms with Gasteiger partial charge in [-0.15, -0.1) is 0 Å². The molecule has 7 nitrogen and oxygen atoms in total. The standard InChI is InChI=1S/C22H30N4O3/c1-16-15-26(19-10-6-3-7-11-19)25-21(16)24-22(29)23-18(12-13-20(27)28)14-17-8-4-2-5-9-17/h2,4-5,8-9,15,18-19H,3,6-7,10-14H2,1H3,(H,27,28)(H2,23,24,25,29). The van der Waals surface area contributed by atoms with Crippen molar-refractivity contribution < 1.29 is 14.7 Å². The molecule has 0 radical (unpaired) electrons. The van der Waals surface area contributed by atoms with Crippen molar-refractivity contribution >= 4 is 17.8 Å². The van der Waals surface area contributed by atoms with Crippen molar-refractivity contribution in [3.63, 3.8) is 0 Å². The third kappa shape index (κ3) is 6.34. The molecule has 3 N–H and O–H groups in total. The number of carboxylic acids is 1. The molecule has 0 bridgehead atoms. The number of carboxylic acid groups (broad SMARTS) is 1. The molecule has 2 aromatic rings. The number of nitrogens with one attached hydrogen (secondary N) is 2. The van der Waals surface area contributed by atoms with Crippen LogP contribution in [0.3, 0.4) is 0 Å². The number of hydrogen-bond acceptors (Lipinski definition) is 3. The number of aryl methyl sites for hydroxylation is 1. The van der Waals surface area contributed by atoms with Crippen LogP contribution in [0.4, 0.5) is 10.6 Å². The molecule has 1 heterocycles. The Labute approximate surface area is 171 Å². The maximum Gasteiger partial charge on any atom is 0.320 e. The zero-order valence-electron chi connectivity index (χ0n) is 16.9. The van der Waals surface area contributed by atoms with E-state index in [1.807, 2.05) is 48.1 Å². The molecule has 1 fully saturated rings. The number of benzene rings is 1. The highest BCUT2D eigenvalue weighted by Gasteiger charge is 2.20. The first-order valence-corrected chi connectivity index (χ1v) is 10.4. The van der Waals surface area contributed by atoms with Gasteiger partial charge in [-0.05, 0) is 38.2 Å². The molecule has 156 valence electrons. The molecule has 1 aromatic heterocycles. The summed E-state index contributed by atoms with van der Waals surface area (Å²) in [6.45, 7) is 1.94. The van der Waals surface area contributed by atoms with Crippen molar-refractivity contribution in [1.29, 1.82) is 0 Å². The van der Waals surface area contributed by atoms with Gasteiger partial charge < -0.3 is 10.4 Å². The number of urea groups is 1.